The Bertz CT molecular complexity index is 679. The van der Waals surface area contributed by atoms with E-state index in [0.29, 0.717) is 23.3 Å². The van der Waals surface area contributed by atoms with Crippen LogP contribution in [0.3, 0.4) is 0 Å². The van der Waals surface area contributed by atoms with E-state index in [4.69, 9.17) is 4.74 Å². The molecule has 0 bridgehead atoms. The van der Waals surface area contributed by atoms with E-state index < -0.39 is 11.6 Å². The summed E-state index contributed by atoms with van der Waals surface area (Å²) in [6.45, 7) is 4.60. The van der Waals surface area contributed by atoms with Gasteiger partial charge in [-0.1, -0.05) is 37.5 Å². The number of fused-ring (bicyclic) bond motifs is 1. The maximum atomic E-state index is 14.2. The third kappa shape index (κ3) is 3.08. The van der Waals surface area contributed by atoms with Gasteiger partial charge in [-0.05, 0) is 49.1 Å². The van der Waals surface area contributed by atoms with E-state index in [1.54, 1.807) is 12.1 Å². The molecule has 1 aliphatic carbocycles. The van der Waals surface area contributed by atoms with Crippen LogP contribution in [0, 0.1) is 30.4 Å². The Morgan fingerprint density at radius 2 is 1.82 bits per heavy atom. The molecule has 3 heteroatoms. The summed E-state index contributed by atoms with van der Waals surface area (Å²) in [6, 6.07) is 6.98. The molecule has 0 heterocycles. The van der Waals surface area contributed by atoms with Crippen LogP contribution in [0.5, 0.6) is 5.75 Å². The highest BCUT2D eigenvalue weighted by Crippen LogP contribution is 2.32. The van der Waals surface area contributed by atoms with Gasteiger partial charge in [-0.25, -0.2) is 4.39 Å². The van der Waals surface area contributed by atoms with Crippen molar-refractivity contribution in [2.24, 2.45) is 11.8 Å². The average molecular weight is 306 g/mol. The summed E-state index contributed by atoms with van der Waals surface area (Å²) < 4.78 is 34.0. The van der Waals surface area contributed by atoms with Crippen molar-refractivity contribution >= 4 is 10.8 Å². The van der Waals surface area contributed by atoms with E-state index in [1.807, 2.05) is 19.1 Å². The molecule has 0 atom stereocenters. The summed E-state index contributed by atoms with van der Waals surface area (Å²) in [6.07, 6.45) is 4.61. The van der Waals surface area contributed by atoms with Gasteiger partial charge in [-0.2, -0.15) is 4.39 Å². The lowest BCUT2D eigenvalue weighted by Gasteiger charge is -2.26. The molecular weight excluding hydrogens is 282 g/mol. The summed E-state index contributed by atoms with van der Waals surface area (Å²) in [5.41, 5.74) is 0.913. The van der Waals surface area contributed by atoms with Crippen LogP contribution in [-0.2, 0) is 0 Å². The third-order valence-electron chi connectivity index (χ3n) is 4.75. The molecule has 0 N–H and O–H groups in total. The Labute approximate surface area is 131 Å². The topological polar surface area (TPSA) is 9.23 Å². The normalized spacial score (nSPS) is 22.0. The van der Waals surface area contributed by atoms with E-state index in [9.17, 15) is 8.78 Å². The standard InChI is InChI=1S/C19H22F2O.H2/c1-12-3-6-14(7-4-12)11-22-17-10-15-8-5-13(2)9-16(15)18(20)19(17)21;/h5,8-10,12,14H,3-4,6-7,11H2,1-2H3;1H. The lowest BCUT2D eigenvalue weighted by molar-refractivity contribution is 0.182. The van der Waals surface area contributed by atoms with Crippen LogP contribution in [0.15, 0.2) is 24.3 Å². The molecule has 2 aromatic rings. The van der Waals surface area contributed by atoms with Gasteiger partial charge in [0.15, 0.2) is 11.6 Å². The molecule has 1 aliphatic rings. The minimum absolute atomic E-state index is 0. The number of hydrogen-bond donors (Lipinski definition) is 0. The van der Waals surface area contributed by atoms with Crippen LogP contribution in [0.2, 0.25) is 0 Å². The molecule has 2 aromatic carbocycles. The lowest BCUT2D eigenvalue weighted by atomic mass is 9.83. The van der Waals surface area contributed by atoms with Crippen molar-refractivity contribution in [1.29, 1.82) is 0 Å². The Kier molecular flexibility index (Phi) is 4.32. The SMILES string of the molecule is Cc1ccc2cc(OCC3CCC(C)CC3)c(F)c(F)c2c1.[HH]. The van der Waals surface area contributed by atoms with E-state index in [-0.39, 0.29) is 7.18 Å². The summed E-state index contributed by atoms with van der Waals surface area (Å²) in [5, 5.41) is 0.994. The first-order valence-electron chi connectivity index (χ1n) is 8.05. The zero-order chi connectivity index (χ0) is 15.7. The lowest BCUT2D eigenvalue weighted by Crippen LogP contribution is -2.19. The molecule has 0 radical (unpaired) electrons. The fraction of sp³-hybridized carbons (Fsp3) is 0.474. The van der Waals surface area contributed by atoms with E-state index in [2.05, 4.69) is 6.92 Å². The zero-order valence-electron chi connectivity index (χ0n) is 13.2. The minimum atomic E-state index is -0.873. The molecule has 120 valence electrons. The number of ether oxygens (including phenoxy) is 1. The van der Waals surface area contributed by atoms with Crippen molar-refractivity contribution < 1.29 is 14.9 Å². The van der Waals surface area contributed by atoms with Crippen molar-refractivity contribution in [1.82, 2.24) is 0 Å². The van der Waals surface area contributed by atoms with Gasteiger partial charge in [0.1, 0.15) is 0 Å². The highest BCUT2D eigenvalue weighted by Gasteiger charge is 2.20. The van der Waals surface area contributed by atoms with Crippen LogP contribution in [0.4, 0.5) is 8.78 Å². The van der Waals surface area contributed by atoms with Crippen molar-refractivity contribution in [3.8, 4) is 5.75 Å². The molecule has 3 rings (SSSR count). The highest BCUT2D eigenvalue weighted by molar-refractivity contribution is 5.85. The summed E-state index contributed by atoms with van der Waals surface area (Å²) in [4.78, 5) is 0. The number of aryl methyl sites for hydroxylation is 1. The first-order valence-corrected chi connectivity index (χ1v) is 8.05. The van der Waals surface area contributed by atoms with Gasteiger partial charge in [-0.15, -0.1) is 0 Å². The highest BCUT2D eigenvalue weighted by atomic mass is 19.2. The van der Waals surface area contributed by atoms with Gasteiger partial charge in [-0.3, -0.25) is 0 Å². The largest absolute Gasteiger partial charge is 0.490 e. The minimum Gasteiger partial charge on any atom is -0.490 e. The van der Waals surface area contributed by atoms with Crippen molar-refractivity contribution in [2.75, 3.05) is 6.61 Å². The summed E-state index contributed by atoms with van der Waals surface area (Å²) >= 11 is 0. The second-order valence-electron chi connectivity index (χ2n) is 6.66. The molecule has 0 saturated heterocycles. The zero-order valence-corrected chi connectivity index (χ0v) is 13.2. The number of benzene rings is 2. The Hall–Kier alpha value is -1.64. The molecule has 0 aromatic heterocycles. The van der Waals surface area contributed by atoms with Gasteiger partial charge in [0.2, 0.25) is 5.82 Å². The molecule has 0 spiro atoms. The Morgan fingerprint density at radius 3 is 2.55 bits per heavy atom. The predicted octanol–water partition coefficient (Wildman–Crippen LogP) is 5.88. The second kappa shape index (κ2) is 6.23. The number of hydrogen-bond acceptors (Lipinski definition) is 1. The van der Waals surface area contributed by atoms with Crippen LogP contribution in [-0.4, -0.2) is 6.61 Å². The molecule has 0 unspecified atom stereocenters. The van der Waals surface area contributed by atoms with Crippen molar-refractivity contribution in [3.63, 3.8) is 0 Å². The predicted molar refractivity (Wildman–Crippen MR) is 87.3 cm³/mol. The smallest absolute Gasteiger partial charge is 0.201 e. The molecule has 0 amide bonds. The maximum Gasteiger partial charge on any atom is 0.201 e. The van der Waals surface area contributed by atoms with Crippen molar-refractivity contribution in [3.05, 3.63) is 41.5 Å². The molecule has 0 aliphatic heterocycles. The maximum absolute atomic E-state index is 14.2. The fourth-order valence-electron chi connectivity index (χ4n) is 3.23. The second-order valence-corrected chi connectivity index (χ2v) is 6.66. The molecule has 1 fully saturated rings. The summed E-state index contributed by atoms with van der Waals surface area (Å²) in [5.74, 6) is -0.426. The fourth-order valence-corrected chi connectivity index (χ4v) is 3.23. The van der Waals surface area contributed by atoms with Crippen LogP contribution >= 0.6 is 0 Å². The quantitative estimate of drug-likeness (QED) is 0.688. The average Bonchev–Trinajstić information content (AvgIpc) is 2.52. The first kappa shape index (κ1) is 15.3. The molecule has 22 heavy (non-hydrogen) atoms. The van der Waals surface area contributed by atoms with Gasteiger partial charge in [0.05, 0.1) is 6.61 Å². The molecule has 1 nitrogen and oxygen atoms in total. The Morgan fingerprint density at radius 1 is 1.09 bits per heavy atom. The molecular formula is C19H24F2O. The van der Waals surface area contributed by atoms with Gasteiger partial charge >= 0.3 is 0 Å². The van der Waals surface area contributed by atoms with Gasteiger partial charge < -0.3 is 4.74 Å². The monoisotopic (exact) mass is 306 g/mol. The van der Waals surface area contributed by atoms with Crippen LogP contribution in [0.25, 0.3) is 10.8 Å². The van der Waals surface area contributed by atoms with E-state index in [0.717, 1.165) is 24.3 Å². The van der Waals surface area contributed by atoms with Gasteiger partial charge in [0, 0.05) is 6.81 Å². The number of halogens is 2. The van der Waals surface area contributed by atoms with Crippen LogP contribution < -0.4 is 4.74 Å². The first-order chi connectivity index (χ1) is 10.5. The Balaban J connectivity index is 0.00000192. The van der Waals surface area contributed by atoms with E-state index in [1.165, 1.54) is 12.8 Å². The summed E-state index contributed by atoms with van der Waals surface area (Å²) in [7, 11) is 0. The van der Waals surface area contributed by atoms with E-state index >= 15 is 0 Å². The third-order valence-corrected chi connectivity index (χ3v) is 4.75. The van der Waals surface area contributed by atoms with Gasteiger partial charge in [0.25, 0.3) is 0 Å². The van der Waals surface area contributed by atoms with Crippen molar-refractivity contribution in [2.45, 2.75) is 39.5 Å². The number of rotatable bonds is 3. The molecule has 1 saturated carbocycles. The van der Waals surface area contributed by atoms with Crippen LogP contribution in [0.1, 0.15) is 39.6 Å².